The molecule has 2 heterocycles. The second-order valence-corrected chi connectivity index (χ2v) is 6.65. The van der Waals surface area contributed by atoms with Crippen molar-refractivity contribution in [2.45, 2.75) is 12.5 Å². The molecule has 2 aromatic carbocycles. The van der Waals surface area contributed by atoms with Crippen LogP contribution in [0.1, 0.15) is 16.8 Å². The average Bonchev–Trinajstić information content (AvgIpc) is 3.27. The van der Waals surface area contributed by atoms with Gasteiger partial charge in [0.05, 0.1) is 12.7 Å². The van der Waals surface area contributed by atoms with Crippen LogP contribution in [-0.2, 0) is 0 Å². The molecule has 0 saturated carbocycles. The maximum atomic E-state index is 12.8. The molecule has 26 heavy (non-hydrogen) atoms. The van der Waals surface area contributed by atoms with Gasteiger partial charge in [0.15, 0.2) is 5.58 Å². The molecule has 1 aromatic heterocycles. The summed E-state index contributed by atoms with van der Waals surface area (Å²) in [7, 11) is 1.54. The van der Waals surface area contributed by atoms with Crippen LogP contribution in [0, 0.1) is 0 Å². The minimum atomic E-state index is -0.0915. The Labute approximate surface area is 155 Å². The van der Waals surface area contributed by atoms with Crippen molar-refractivity contribution in [2.24, 2.45) is 0 Å². The van der Waals surface area contributed by atoms with E-state index in [1.54, 1.807) is 30.2 Å². The molecule has 0 bridgehead atoms. The van der Waals surface area contributed by atoms with Crippen LogP contribution in [0.15, 0.2) is 46.9 Å². The highest BCUT2D eigenvalue weighted by Crippen LogP contribution is 2.26. The summed E-state index contributed by atoms with van der Waals surface area (Å²) >= 11 is 6.04. The molecule has 0 spiro atoms. The van der Waals surface area contributed by atoms with E-state index in [2.05, 4.69) is 10.3 Å². The van der Waals surface area contributed by atoms with E-state index in [1.165, 1.54) is 0 Å². The molecule has 4 rings (SSSR count). The Hall–Kier alpha value is -2.73. The van der Waals surface area contributed by atoms with E-state index in [1.807, 2.05) is 24.3 Å². The van der Waals surface area contributed by atoms with E-state index < -0.39 is 0 Å². The van der Waals surface area contributed by atoms with Crippen molar-refractivity contribution in [1.29, 1.82) is 0 Å². The third-order valence-electron chi connectivity index (χ3n) is 4.49. The van der Waals surface area contributed by atoms with Crippen LogP contribution in [0.5, 0.6) is 5.75 Å². The highest BCUT2D eigenvalue weighted by molar-refractivity contribution is 6.31. The molecule has 1 atom stereocenters. The fourth-order valence-electron chi connectivity index (χ4n) is 3.19. The maximum absolute atomic E-state index is 12.8. The molecule has 1 amide bonds. The van der Waals surface area contributed by atoms with Gasteiger partial charge in [-0.2, -0.15) is 4.98 Å². The summed E-state index contributed by atoms with van der Waals surface area (Å²) in [6.45, 7) is 1.21. The predicted octanol–water partition coefficient (Wildman–Crippen LogP) is 3.82. The van der Waals surface area contributed by atoms with E-state index in [0.717, 1.165) is 17.5 Å². The lowest BCUT2D eigenvalue weighted by molar-refractivity contribution is 0.0788. The molecule has 1 unspecified atom stereocenters. The number of hydrogen-bond acceptors (Lipinski definition) is 5. The third-order valence-corrected chi connectivity index (χ3v) is 4.72. The van der Waals surface area contributed by atoms with Crippen molar-refractivity contribution in [1.82, 2.24) is 9.88 Å². The Morgan fingerprint density at radius 1 is 1.35 bits per heavy atom. The van der Waals surface area contributed by atoms with Gasteiger partial charge in [-0.3, -0.25) is 4.79 Å². The van der Waals surface area contributed by atoms with Crippen molar-refractivity contribution < 1.29 is 13.9 Å². The zero-order valence-electron chi connectivity index (χ0n) is 14.2. The number of nitrogens with one attached hydrogen (secondary N) is 1. The zero-order valence-corrected chi connectivity index (χ0v) is 15.0. The molecule has 1 fully saturated rings. The lowest BCUT2D eigenvalue weighted by Gasteiger charge is -2.18. The number of likely N-dealkylation sites (tertiary alicyclic amines) is 1. The topological polar surface area (TPSA) is 67.6 Å². The molecule has 134 valence electrons. The smallest absolute Gasteiger partial charge is 0.295 e. The molecule has 1 saturated heterocycles. The highest BCUT2D eigenvalue weighted by Gasteiger charge is 2.29. The van der Waals surface area contributed by atoms with Crippen LogP contribution < -0.4 is 10.1 Å². The van der Waals surface area contributed by atoms with Gasteiger partial charge < -0.3 is 19.4 Å². The van der Waals surface area contributed by atoms with Crippen molar-refractivity contribution >= 4 is 34.6 Å². The number of halogens is 1. The van der Waals surface area contributed by atoms with Crippen molar-refractivity contribution in [3.05, 3.63) is 53.1 Å². The maximum Gasteiger partial charge on any atom is 0.295 e. The quantitative estimate of drug-likeness (QED) is 0.755. The van der Waals surface area contributed by atoms with Gasteiger partial charge in [-0.05, 0) is 36.8 Å². The summed E-state index contributed by atoms with van der Waals surface area (Å²) in [5.74, 6) is 0.431. The van der Waals surface area contributed by atoms with Crippen LogP contribution in [-0.4, -0.2) is 42.0 Å². The second kappa shape index (κ2) is 6.88. The number of fused-ring (bicyclic) bond motifs is 1. The van der Waals surface area contributed by atoms with Crippen molar-refractivity contribution in [3.63, 3.8) is 0 Å². The van der Waals surface area contributed by atoms with E-state index in [4.69, 9.17) is 20.8 Å². The summed E-state index contributed by atoms with van der Waals surface area (Å²) in [6, 6.07) is 13.2. The van der Waals surface area contributed by atoms with E-state index in [0.29, 0.717) is 35.4 Å². The standard InChI is InChI=1S/C19H18ClN3O3/c1-25-16-7-6-12(20)10-14(16)18(24)23-9-8-13(11-23)21-19-22-15-4-2-3-5-17(15)26-19/h2-7,10,13H,8-9,11H2,1H3,(H,21,22). The van der Waals surface area contributed by atoms with Crippen LogP contribution >= 0.6 is 11.6 Å². The number of nitrogens with zero attached hydrogens (tertiary/aromatic N) is 2. The van der Waals surface area contributed by atoms with E-state index >= 15 is 0 Å². The summed E-state index contributed by atoms with van der Waals surface area (Å²) < 4.78 is 11.0. The molecule has 1 aliphatic rings. The number of oxazole rings is 1. The monoisotopic (exact) mass is 371 g/mol. The fourth-order valence-corrected chi connectivity index (χ4v) is 3.36. The summed E-state index contributed by atoms with van der Waals surface area (Å²) in [5, 5.41) is 3.79. The van der Waals surface area contributed by atoms with Crippen LogP contribution in [0.25, 0.3) is 11.1 Å². The molecular formula is C19H18ClN3O3. The zero-order chi connectivity index (χ0) is 18.1. The Bertz CT molecular complexity index is 923. The fraction of sp³-hybridized carbons (Fsp3) is 0.263. The number of amides is 1. The first-order chi connectivity index (χ1) is 12.6. The number of hydrogen-bond donors (Lipinski definition) is 1. The molecule has 7 heteroatoms. The third kappa shape index (κ3) is 3.20. The first-order valence-corrected chi connectivity index (χ1v) is 8.77. The van der Waals surface area contributed by atoms with Crippen LogP contribution in [0.3, 0.4) is 0 Å². The van der Waals surface area contributed by atoms with Crippen LogP contribution in [0.4, 0.5) is 6.01 Å². The van der Waals surface area contributed by atoms with Crippen LogP contribution in [0.2, 0.25) is 5.02 Å². The largest absolute Gasteiger partial charge is 0.496 e. The number of methoxy groups -OCH3 is 1. The average molecular weight is 372 g/mol. The highest BCUT2D eigenvalue weighted by atomic mass is 35.5. The number of benzene rings is 2. The van der Waals surface area contributed by atoms with Gasteiger partial charge in [0, 0.05) is 24.2 Å². The van der Waals surface area contributed by atoms with E-state index in [-0.39, 0.29) is 11.9 Å². The Morgan fingerprint density at radius 3 is 3.00 bits per heavy atom. The second-order valence-electron chi connectivity index (χ2n) is 6.21. The molecule has 6 nitrogen and oxygen atoms in total. The summed E-state index contributed by atoms with van der Waals surface area (Å²) in [4.78, 5) is 19.0. The number of carbonyl (C=O) groups is 1. The number of anilines is 1. The van der Waals surface area contributed by atoms with Gasteiger partial charge in [-0.1, -0.05) is 23.7 Å². The first-order valence-electron chi connectivity index (χ1n) is 8.39. The number of carbonyl (C=O) groups excluding carboxylic acids is 1. The first kappa shape index (κ1) is 16.7. The van der Waals surface area contributed by atoms with Gasteiger partial charge in [0.25, 0.3) is 11.9 Å². The minimum absolute atomic E-state index is 0.0807. The normalized spacial score (nSPS) is 16.8. The lowest BCUT2D eigenvalue weighted by Crippen LogP contribution is -2.31. The molecule has 0 radical (unpaired) electrons. The minimum Gasteiger partial charge on any atom is -0.496 e. The van der Waals surface area contributed by atoms with Gasteiger partial charge >= 0.3 is 0 Å². The van der Waals surface area contributed by atoms with Gasteiger partial charge in [0.1, 0.15) is 11.3 Å². The number of ether oxygens (including phenoxy) is 1. The molecule has 1 N–H and O–H groups in total. The van der Waals surface area contributed by atoms with Gasteiger partial charge in [-0.15, -0.1) is 0 Å². The molecule has 0 aliphatic carbocycles. The molecule has 3 aromatic rings. The Kier molecular flexibility index (Phi) is 4.42. The van der Waals surface area contributed by atoms with Gasteiger partial charge in [-0.25, -0.2) is 0 Å². The molecular weight excluding hydrogens is 354 g/mol. The number of rotatable bonds is 4. The Morgan fingerprint density at radius 2 is 2.19 bits per heavy atom. The summed E-state index contributed by atoms with van der Waals surface area (Å²) in [5.41, 5.74) is 2.02. The number of aromatic nitrogens is 1. The van der Waals surface area contributed by atoms with Crippen molar-refractivity contribution in [3.8, 4) is 5.75 Å². The number of para-hydroxylation sites is 2. The summed E-state index contributed by atoms with van der Waals surface area (Å²) in [6.07, 6.45) is 0.813. The Balaban J connectivity index is 1.46. The SMILES string of the molecule is COc1ccc(Cl)cc1C(=O)N1CCC(Nc2nc3ccccc3o2)C1. The van der Waals surface area contributed by atoms with E-state index in [9.17, 15) is 4.79 Å². The van der Waals surface area contributed by atoms with Crippen molar-refractivity contribution in [2.75, 3.05) is 25.5 Å². The molecule has 1 aliphatic heterocycles. The van der Waals surface area contributed by atoms with Gasteiger partial charge in [0.2, 0.25) is 0 Å². The lowest BCUT2D eigenvalue weighted by atomic mass is 10.1. The predicted molar refractivity (Wildman–Crippen MR) is 99.9 cm³/mol.